The minimum Gasteiger partial charge on any atom is -0.481 e. The lowest BCUT2D eigenvalue weighted by molar-refractivity contribution is -0.00888. The number of aromatic nitrogens is 11. The molecular formula is C65H58Cl2N12O4. The molecule has 83 heavy (non-hydrogen) atoms. The lowest BCUT2D eigenvalue weighted by Gasteiger charge is -2.43. The quantitative estimate of drug-likeness (QED) is 0.0825. The van der Waals surface area contributed by atoms with Gasteiger partial charge in [-0.05, 0) is 116 Å². The Balaban J connectivity index is 0.815. The summed E-state index contributed by atoms with van der Waals surface area (Å²) in [5.74, 6) is 1.02. The standard InChI is InChI=1S/C65H58Cl2N12O4/c1-40(2)77-31-27-46(28-32-77)64(80,45-11-8-7-9-12-45)47-18-25-56-51(35-47)60(66)53(62(72-56)82-6)33-43-16-22-50(23-17-43)79-39-68-59(74-79)38-83-63-54(34-44-14-20-49(21-15-44)78-30-10-29-70-78)61(67)52-36-48(19-26-57(52)73-63)65(81,58-37-69-75-76(58)5)55-24-13-41(3)71-42(55)4/h7-17,19-24,26,29-30,35-37,39,46,80-81H,1,27-28,31-34,38H2,2-6H3. The number of halogens is 2. The van der Waals surface area contributed by atoms with Crippen molar-refractivity contribution in [3.8, 4) is 23.1 Å². The second-order valence-electron chi connectivity index (χ2n) is 21.1. The third-order valence-electron chi connectivity index (χ3n) is 15.9. The molecule has 1 aliphatic carbocycles. The van der Waals surface area contributed by atoms with Gasteiger partial charge in [0.1, 0.15) is 17.3 Å². The van der Waals surface area contributed by atoms with Crippen LogP contribution >= 0.6 is 23.2 Å². The van der Waals surface area contributed by atoms with Crippen molar-refractivity contribution < 1.29 is 19.7 Å². The van der Waals surface area contributed by atoms with Crippen LogP contribution in [-0.2, 0) is 37.7 Å². The number of ether oxygens (including phenoxy) is 2. The van der Waals surface area contributed by atoms with Crippen LogP contribution in [0.4, 0.5) is 0 Å². The van der Waals surface area contributed by atoms with Crippen molar-refractivity contribution in [3.05, 3.63) is 246 Å². The first-order valence-electron chi connectivity index (χ1n) is 27.2. The predicted octanol–water partition coefficient (Wildman–Crippen LogP) is 9.29. The molecule has 2 unspecified atom stereocenters. The van der Waals surface area contributed by atoms with Crippen molar-refractivity contribution in [1.29, 1.82) is 0 Å². The highest BCUT2D eigenvalue weighted by atomic mass is 35.5. The smallest absolute Gasteiger partial charge is 0.219 e. The van der Waals surface area contributed by atoms with Gasteiger partial charge in [-0.25, -0.2) is 29.0 Å². The average Bonchev–Trinajstić information content (AvgIpc) is 4.20. The highest BCUT2D eigenvalue weighted by molar-refractivity contribution is 6.36. The molecule has 1 aliphatic heterocycles. The molecule has 1 saturated heterocycles. The maximum absolute atomic E-state index is 12.9. The zero-order valence-electron chi connectivity index (χ0n) is 46.4. The lowest BCUT2D eigenvalue weighted by Crippen LogP contribution is -2.44. The molecule has 6 aromatic heterocycles. The van der Waals surface area contributed by atoms with Gasteiger partial charge in [-0.3, -0.25) is 4.98 Å². The molecule has 4 aromatic carbocycles. The number of fused-ring (bicyclic) bond motifs is 2. The molecule has 2 aliphatic rings. The number of pyridine rings is 3. The number of allylic oxidation sites excluding steroid dienone is 1. The number of rotatable bonds is 17. The van der Waals surface area contributed by atoms with Gasteiger partial charge in [0.05, 0.1) is 45.9 Å². The molecule has 12 rings (SSSR count). The number of aliphatic hydroxyl groups is 2. The number of benzene rings is 4. The lowest BCUT2D eigenvalue weighted by atomic mass is 9.71. The molecule has 2 atom stereocenters. The molecule has 2 N–H and O–H groups in total. The molecule has 0 bridgehead atoms. The first-order valence-corrected chi connectivity index (χ1v) is 28.0. The first-order chi connectivity index (χ1) is 40.2. The van der Waals surface area contributed by atoms with Gasteiger partial charge >= 0.3 is 0 Å². The van der Waals surface area contributed by atoms with Crippen LogP contribution in [0.2, 0.25) is 10.0 Å². The predicted molar refractivity (Wildman–Crippen MR) is 318 cm³/mol. The minimum atomic E-state index is -1.70. The molecule has 1 fully saturated rings. The van der Waals surface area contributed by atoms with E-state index in [-0.39, 0.29) is 12.5 Å². The Bertz CT molecular complexity index is 4320. The van der Waals surface area contributed by atoms with E-state index >= 15 is 0 Å². The number of likely N-dealkylation sites (tertiary alicyclic amines) is 1. The van der Waals surface area contributed by atoms with Gasteiger partial charge in [0.2, 0.25) is 11.8 Å². The van der Waals surface area contributed by atoms with Crippen molar-refractivity contribution in [2.75, 3.05) is 20.2 Å². The Morgan fingerprint density at radius 2 is 1.51 bits per heavy atom. The zero-order valence-corrected chi connectivity index (χ0v) is 47.9. The third kappa shape index (κ3) is 10.3. The van der Waals surface area contributed by atoms with Gasteiger partial charge in [-0.1, -0.05) is 107 Å². The van der Waals surface area contributed by atoms with Crippen LogP contribution in [0, 0.1) is 19.8 Å². The van der Waals surface area contributed by atoms with E-state index in [0.717, 1.165) is 65.4 Å². The molecule has 0 saturated carbocycles. The number of hydrogen-bond acceptors (Lipinski definition) is 13. The molecule has 10 aromatic rings. The molecule has 0 radical (unpaired) electrons. The van der Waals surface area contributed by atoms with E-state index in [1.807, 2.05) is 148 Å². The number of piperidine rings is 1. The highest BCUT2D eigenvalue weighted by Crippen LogP contribution is 2.44. The van der Waals surface area contributed by atoms with Crippen LogP contribution in [0.15, 0.2) is 164 Å². The van der Waals surface area contributed by atoms with Gasteiger partial charge in [0.15, 0.2) is 18.0 Å². The number of aryl methyl sites for hydroxylation is 3. The van der Waals surface area contributed by atoms with Crippen LogP contribution in [0.1, 0.15) is 81.6 Å². The number of nitrogens with zero attached hydrogens (tertiary/aromatic N) is 12. The molecule has 416 valence electrons. The van der Waals surface area contributed by atoms with Crippen LogP contribution in [0.5, 0.6) is 11.8 Å². The van der Waals surface area contributed by atoms with Crippen molar-refractivity contribution in [2.24, 2.45) is 13.0 Å². The molecule has 18 heteroatoms. The van der Waals surface area contributed by atoms with Crippen molar-refractivity contribution in [3.63, 3.8) is 0 Å². The van der Waals surface area contributed by atoms with Gasteiger partial charge in [-0.2, -0.15) is 5.10 Å². The van der Waals surface area contributed by atoms with E-state index in [2.05, 4.69) is 43.3 Å². The average molecular weight is 1140 g/mol. The van der Waals surface area contributed by atoms with E-state index in [1.54, 1.807) is 46.9 Å². The largest absolute Gasteiger partial charge is 0.481 e. The number of hydrogen-bond donors (Lipinski definition) is 2. The summed E-state index contributed by atoms with van der Waals surface area (Å²) in [6.45, 7) is 11.5. The normalized spacial score (nSPS) is 14.8. The van der Waals surface area contributed by atoms with E-state index in [0.29, 0.717) is 101 Å². The minimum absolute atomic E-state index is 0.0165. The Morgan fingerprint density at radius 3 is 2.16 bits per heavy atom. The monoisotopic (exact) mass is 1140 g/mol. The van der Waals surface area contributed by atoms with Gasteiger partial charge in [-0.15, -0.1) is 10.2 Å². The molecule has 0 spiro atoms. The fourth-order valence-corrected chi connectivity index (χ4v) is 12.1. The number of methoxy groups -OCH3 is 1. The maximum Gasteiger partial charge on any atom is 0.219 e. The van der Waals surface area contributed by atoms with Crippen LogP contribution < -0.4 is 20.0 Å². The Labute approximate surface area is 489 Å². The SMILES string of the molecule is C=C(C)N1CCC(C(O)(C2=C=C=c3nc(OC)c(Cc4ccc(-n5cnc(COc6nc7ccc(C(O)(c8ccc(C)nc8C)c8cnnn8C)cc7c(Cl)c6Cc6ccc(-n7cccn7)cc6)n5)cc4)c(Cl)c3=C2)c2ccccc2)CC1. The summed E-state index contributed by atoms with van der Waals surface area (Å²) in [5.41, 5.74) is 14.4. The third-order valence-corrected chi connectivity index (χ3v) is 16.8. The summed E-state index contributed by atoms with van der Waals surface area (Å²) in [7, 11) is 3.32. The van der Waals surface area contributed by atoms with E-state index < -0.39 is 11.2 Å². The zero-order chi connectivity index (χ0) is 57.6. The summed E-state index contributed by atoms with van der Waals surface area (Å²) in [4.78, 5) is 21.5. The Hall–Kier alpha value is -8.98. The Morgan fingerprint density at radius 1 is 0.795 bits per heavy atom. The molecule has 7 heterocycles. The van der Waals surface area contributed by atoms with Crippen LogP contribution in [-0.4, -0.2) is 89.8 Å². The summed E-state index contributed by atoms with van der Waals surface area (Å²) in [5, 5.41) is 45.9. The summed E-state index contributed by atoms with van der Waals surface area (Å²) < 4.78 is 17.4. The second-order valence-corrected chi connectivity index (χ2v) is 21.9. The molecule has 0 amide bonds. The fraction of sp³-hybridized carbons (Fsp3) is 0.231. The van der Waals surface area contributed by atoms with E-state index in [4.69, 9.17) is 52.7 Å². The highest BCUT2D eigenvalue weighted by Gasteiger charge is 2.43. The van der Waals surface area contributed by atoms with Gasteiger partial charge < -0.3 is 24.6 Å². The van der Waals surface area contributed by atoms with Crippen molar-refractivity contribution in [1.82, 2.24) is 59.4 Å². The molecule has 16 nitrogen and oxygen atoms in total. The van der Waals surface area contributed by atoms with Gasteiger partial charge in [0.25, 0.3) is 0 Å². The van der Waals surface area contributed by atoms with E-state index in [9.17, 15) is 10.2 Å². The van der Waals surface area contributed by atoms with Crippen LogP contribution in [0.25, 0.3) is 34.1 Å². The van der Waals surface area contributed by atoms with Crippen LogP contribution in [0.3, 0.4) is 0 Å². The topological polar surface area (TPSA) is 180 Å². The van der Waals surface area contributed by atoms with Crippen molar-refractivity contribution in [2.45, 2.75) is 64.3 Å². The first kappa shape index (κ1) is 54.6. The van der Waals surface area contributed by atoms with Gasteiger partial charge in [0, 0.05) is 101 Å². The molecular weight excluding hydrogens is 1080 g/mol. The summed E-state index contributed by atoms with van der Waals surface area (Å²) >= 11 is 14.9. The second kappa shape index (κ2) is 22.4. The summed E-state index contributed by atoms with van der Waals surface area (Å²) in [6, 6.07) is 36.9. The summed E-state index contributed by atoms with van der Waals surface area (Å²) in [6.07, 6.45) is 11.0. The Kier molecular flexibility index (Phi) is 14.7. The van der Waals surface area contributed by atoms with E-state index in [1.165, 1.54) is 0 Å². The fourth-order valence-electron chi connectivity index (χ4n) is 11.5. The van der Waals surface area contributed by atoms with Crippen molar-refractivity contribution >= 4 is 45.9 Å². The maximum atomic E-state index is 12.9.